The topological polar surface area (TPSA) is 15.5 Å². The fourth-order valence-electron chi connectivity index (χ4n) is 1.57. The lowest BCUT2D eigenvalue weighted by Crippen LogP contribution is -2.33. The van der Waals surface area contributed by atoms with Crippen LogP contribution >= 0.6 is 0 Å². The lowest BCUT2D eigenvalue weighted by molar-refractivity contribution is -0.459. The summed E-state index contributed by atoms with van der Waals surface area (Å²) >= 11 is 0. The second-order valence-electron chi connectivity index (χ2n) is 5.16. The molecule has 3 nitrogen and oxygen atoms in total. The zero-order valence-corrected chi connectivity index (χ0v) is 12.5. The minimum absolute atomic E-state index is 0.181. The van der Waals surface area contributed by atoms with E-state index < -0.39 is 12.8 Å². The molecule has 0 rings (SSSR count). The first-order chi connectivity index (χ1) is 8.53. The molecule has 0 aromatic carbocycles. The molecule has 0 aromatic heterocycles. The summed E-state index contributed by atoms with van der Waals surface area (Å²) in [6.07, 6.45) is -1.18. The Morgan fingerprint density at radius 3 is 1.95 bits per heavy atom. The van der Waals surface area contributed by atoms with Gasteiger partial charge in [-0.1, -0.05) is 0 Å². The maximum atomic E-state index is 12.2. The van der Waals surface area contributed by atoms with E-state index in [1.165, 1.54) is 6.21 Å². The van der Waals surface area contributed by atoms with E-state index in [9.17, 15) is 13.2 Å². The molecule has 0 aliphatic rings. The van der Waals surface area contributed by atoms with Gasteiger partial charge in [-0.2, -0.15) is 13.2 Å². The third-order valence-corrected chi connectivity index (χ3v) is 2.26. The number of alkyl halides is 3. The van der Waals surface area contributed by atoms with Crippen LogP contribution in [0.4, 0.5) is 13.2 Å². The largest absolute Gasteiger partial charge is 0.477 e. The molecule has 0 atom stereocenters. The van der Waals surface area contributed by atoms with Crippen LogP contribution in [0.1, 0.15) is 27.7 Å². The predicted octanol–water partition coefficient (Wildman–Crippen LogP) is 2.87. The van der Waals surface area contributed by atoms with Crippen LogP contribution < -0.4 is 0 Å². The molecule has 0 aliphatic carbocycles. The molecule has 0 N–H and O–H groups in total. The molecule has 6 heteroatoms. The maximum Gasteiger partial charge on any atom is 0.422 e. The number of hydrogen-bond donors (Lipinski definition) is 0. The first kappa shape index (κ1) is 17.8. The second-order valence-corrected chi connectivity index (χ2v) is 5.16. The summed E-state index contributed by atoms with van der Waals surface area (Å²) in [5, 5.41) is 0. The Balaban J connectivity index is 5.06. The normalized spacial score (nSPS) is 12.9. The highest BCUT2D eigenvalue weighted by Gasteiger charge is 2.29. The summed E-state index contributed by atoms with van der Waals surface area (Å²) in [7, 11) is 3.47. The van der Waals surface area contributed by atoms with Crippen LogP contribution in [0.15, 0.2) is 12.0 Å². The second kappa shape index (κ2) is 7.40. The van der Waals surface area contributed by atoms with Gasteiger partial charge in [-0.15, -0.1) is 0 Å². The highest BCUT2D eigenvalue weighted by Crippen LogP contribution is 2.17. The fourth-order valence-corrected chi connectivity index (χ4v) is 1.57. The van der Waals surface area contributed by atoms with Crippen molar-refractivity contribution in [2.75, 3.05) is 20.7 Å². The number of allylic oxidation sites excluding steroid dienone is 1. The van der Waals surface area contributed by atoms with E-state index in [4.69, 9.17) is 4.74 Å². The van der Waals surface area contributed by atoms with Crippen molar-refractivity contribution in [3.05, 3.63) is 12.0 Å². The van der Waals surface area contributed by atoms with Crippen LogP contribution in [0, 0.1) is 0 Å². The molecule has 0 aromatic rings. The van der Waals surface area contributed by atoms with Gasteiger partial charge in [0.2, 0.25) is 6.21 Å². The summed E-state index contributed by atoms with van der Waals surface area (Å²) in [4.78, 5) is 1.95. The molecule has 112 valence electrons. The molecule has 0 fully saturated rings. The number of rotatable bonds is 6. The van der Waals surface area contributed by atoms with Gasteiger partial charge in [-0.25, -0.2) is 4.58 Å². The molecule has 0 saturated carbocycles. The summed E-state index contributed by atoms with van der Waals surface area (Å²) in [5.41, 5.74) is 0. The van der Waals surface area contributed by atoms with Crippen molar-refractivity contribution in [2.24, 2.45) is 0 Å². The Kier molecular flexibility index (Phi) is 6.94. The molecular weight excluding hydrogens is 257 g/mol. The van der Waals surface area contributed by atoms with Gasteiger partial charge >= 0.3 is 6.18 Å². The highest BCUT2D eigenvalue weighted by molar-refractivity contribution is 5.71. The Morgan fingerprint density at radius 2 is 1.63 bits per heavy atom. The van der Waals surface area contributed by atoms with Crippen LogP contribution in [0.2, 0.25) is 0 Å². The lowest BCUT2D eigenvalue weighted by Gasteiger charge is -2.29. The third-order valence-electron chi connectivity index (χ3n) is 2.26. The predicted molar refractivity (Wildman–Crippen MR) is 70.4 cm³/mol. The Hall–Kier alpha value is -1.20. The SMILES string of the molecule is CC(C)N(/C=C(\C=[N+](C)C)OCC(F)(F)F)C(C)C. The molecule has 0 saturated heterocycles. The Morgan fingerprint density at radius 1 is 1.16 bits per heavy atom. The molecule has 0 aliphatic heterocycles. The van der Waals surface area contributed by atoms with E-state index in [0.717, 1.165) is 0 Å². The van der Waals surface area contributed by atoms with Gasteiger partial charge in [0, 0.05) is 18.3 Å². The minimum Gasteiger partial charge on any atom is -0.477 e. The van der Waals surface area contributed by atoms with Crippen LogP contribution in [-0.4, -0.2) is 54.7 Å². The van der Waals surface area contributed by atoms with E-state index in [1.54, 1.807) is 24.9 Å². The van der Waals surface area contributed by atoms with E-state index in [0.29, 0.717) is 0 Å². The molecule has 0 heterocycles. The zero-order valence-electron chi connectivity index (χ0n) is 12.5. The standard InChI is InChI=1S/C13H24F3N2O/c1-10(2)18(11(3)4)8-12(7-17(5)6)19-9-13(14,15)16/h7-8,10-11H,9H2,1-6H3/q+1. The molecule has 0 radical (unpaired) electrons. The van der Waals surface area contributed by atoms with Crippen molar-refractivity contribution in [3.63, 3.8) is 0 Å². The van der Waals surface area contributed by atoms with Crippen molar-refractivity contribution in [1.29, 1.82) is 0 Å². The van der Waals surface area contributed by atoms with Gasteiger partial charge in [0.25, 0.3) is 0 Å². The molecule has 19 heavy (non-hydrogen) atoms. The van der Waals surface area contributed by atoms with Crippen molar-refractivity contribution in [1.82, 2.24) is 4.90 Å². The average Bonchev–Trinajstić information content (AvgIpc) is 2.18. The number of halogens is 3. The van der Waals surface area contributed by atoms with Crippen molar-refractivity contribution in [3.8, 4) is 0 Å². The third kappa shape index (κ3) is 8.51. The van der Waals surface area contributed by atoms with Gasteiger partial charge in [0.05, 0.1) is 0 Å². The Labute approximate surface area is 113 Å². The van der Waals surface area contributed by atoms with E-state index in [2.05, 4.69) is 0 Å². The molecule has 0 spiro atoms. The summed E-state index contributed by atoms with van der Waals surface area (Å²) in [6.45, 7) is 6.63. The molecule has 0 unspecified atom stereocenters. The highest BCUT2D eigenvalue weighted by atomic mass is 19.4. The quantitative estimate of drug-likeness (QED) is 0.422. The van der Waals surface area contributed by atoms with Gasteiger partial charge < -0.3 is 9.64 Å². The number of nitrogens with zero attached hydrogens (tertiary/aromatic N) is 2. The van der Waals surface area contributed by atoms with Crippen molar-refractivity contribution < 1.29 is 22.5 Å². The smallest absolute Gasteiger partial charge is 0.422 e. The Bertz CT molecular complexity index is 321. The molecule has 0 bridgehead atoms. The zero-order chi connectivity index (χ0) is 15.2. The van der Waals surface area contributed by atoms with Crippen LogP contribution in [-0.2, 0) is 4.74 Å². The summed E-state index contributed by atoms with van der Waals surface area (Å²) in [5.74, 6) is 0.199. The minimum atomic E-state index is -4.33. The maximum absolute atomic E-state index is 12.2. The monoisotopic (exact) mass is 281 g/mol. The van der Waals surface area contributed by atoms with E-state index >= 15 is 0 Å². The summed E-state index contributed by atoms with van der Waals surface area (Å²) in [6, 6.07) is 0.361. The van der Waals surface area contributed by atoms with Gasteiger partial charge in [0.1, 0.15) is 14.1 Å². The van der Waals surface area contributed by atoms with Gasteiger partial charge in [-0.05, 0) is 27.7 Å². The van der Waals surface area contributed by atoms with Crippen molar-refractivity contribution >= 4 is 6.21 Å². The molecule has 0 amide bonds. The lowest BCUT2D eigenvalue weighted by atomic mass is 10.2. The fraction of sp³-hybridized carbons (Fsp3) is 0.769. The van der Waals surface area contributed by atoms with Gasteiger partial charge in [-0.3, -0.25) is 0 Å². The first-order valence-electron chi connectivity index (χ1n) is 6.23. The number of hydrogen-bond acceptors (Lipinski definition) is 2. The van der Waals surface area contributed by atoms with Crippen LogP contribution in [0.25, 0.3) is 0 Å². The summed E-state index contributed by atoms with van der Waals surface area (Å²) < 4.78 is 43.1. The molecular formula is C13H24F3N2O+. The average molecular weight is 281 g/mol. The van der Waals surface area contributed by atoms with E-state index in [1.807, 2.05) is 32.6 Å². The van der Waals surface area contributed by atoms with Crippen molar-refractivity contribution in [2.45, 2.75) is 46.0 Å². The first-order valence-corrected chi connectivity index (χ1v) is 6.23. The van der Waals surface area contributed by atoms with Crippen LogP contribution in [0.3, 0.4) is 0 Å². The van der Waals surface area contributed by atoms with Gasteiger partial charge in [0.15, 0.2) is 12.4 Å². The van der Waals surface area contributed by atoms with E-state index in [-0.39, 0.29) is 17.8 Å². The number of ether oxygens (including phenoxy) is 1. The van der Waals surface area contributed by atoms with Crippen LogP contribution in [0.5, 0.6) is 0 Å².